The average molecular weight is 522 g/mol. The third-order valence-corrected chi connectivity index (χ3v) is 6.69. The molecule has 0 atom stereocenters. The van der Waals surface area contributed by atoms with Gasteiger partial charge in [0.05, 0.1) is 28.5 Å². The molecule has 0 unspecified atom stereocenters. The molecule has 0 spiro atoms. The smallest absolute Gasteiger partial charge is 0.228 e. The number of ether oxygens (including phenoxy) is 2. The predicted molar refractivity (Wildman–Crippen MR) is 136 cm³/mol. The zero-order valence-electron chi connectivity index (χ0n) is 19.2. The Morgan fingerprint density at radius 1 is 1.03 bits per heavy atom. The lowest BCUT2D eigenvalue weighted by Gasteiger charge is -2.16. The van der Waals surface area contributed by atoms with Crippen molar-refractivity contribution >= 4 is 44.6 Å². The van der Waals surface area contributed by atoms with E-state index in [9.17, 15) is 13.2 Å². The summed E-state index contributed by atoms with van der Waals surface area (Å²) in [5.41, 5.74) is 1.94. The van der Waals surface area contributed by atoms with Crippen molar-refractivity contribution in [2.75, 3.05) is 18.7 Å². The van der Waals surface area contributed by atoms with Crippen molar-refractivity contribution in [2.45, 2.75) is 31.1 Å². The Labute approximate surface area is 209 Å². The molecule has 0 aliphatic carbocycles. The Bertz CT molecular complexity index is 1300. The van der Waals surface area contributed by atoms with Crippen LogP contribution in [0.4, 0.5) is 5.69 Å². The van der Waals surface area contributed by atoms with E-state index in [1.165, 1.54) is 12.1 Å². The fraction of sp³-hybridized carbons (Fsp3) is 0.240. The lowest BCUT2D eigenvalue weighted by molar-refractivity contribution is -0.115. The molecule has 6 nitrogen and oxygen atoms in total. The maximum absolute atomic E-state index is 12.5. The van der Waals surface area contributed by atoms with Crippen molar-refractivity contribution in [3.05, 3.63) is 75.8 Å². The highest BCUT2D eigenvalue weighted by molar-refractivity contribution is 7.90. The molecule has 0 fully saturated rings. The highest BCUT2D eigenvalue weighted by atomic mass is 35.5. The summed E-state index contributed by atoms with van der Waals surface area (Å²) in [6, 6.07) is 14.8. The Morgan fingerprint density at radius 2 is 1.71 bits per heavy atom. The number of nitrogens with one attached hydrogen (secondary N) is 1. The molecule has 0 aromatic heterocycles. The van der Waals surface area contributed by atoms with Crippen molar-refractivity contribution in [2.24, 2.45) is 0 Å². The maximum atomic E-state index is 12.5. The first-order valence-corrected chi connectivity index (χ1v) is 13.1. The molecule has 34 heavy (non-hydrogen) atoms. The van der Waals surface area contributed by atoms with E-state index >= 15 is 0 Å². The first-order valence-electron chi connectivity index (χ1n) is 10.4. The molecule has 0 aliphatic rings. The van der Waals surface area contributed by atoms with Crippen molar-refractivity contribution < 1.29 is 22.7 Å². The minimum Gasteiger partial charge on any atom is -0.496 e. The van der Waals surface area contributed by atoms with Crippen molar-refractivity contribution in [1.29, 1.82) is 0 Å². The first kappa shape index (κ1) is 25.9. The van der Waals surface area contributed by atoms with Gasteiger partial charge in [0.2, 0.25) is 5.91 Å². The molecule has 0 heterocycles. The predicted octanol–water partition coefficient (Wildman–Crippen LogP) is 6.50. The third kappa shape index (κ3) is 6.44. The summed E-state index contributed by atoms with van der Waals surface area (Å²) >= 11 is 12.8. The molecule has 0 bridgehead atoms. The normalized spacial score (nSPS) is 11.4. The molecule has 180 valence electrons. The number of halogens is 2. The van der Waals surface area contributed by atoms with E-state index in [2.05, 4.69) is 19.2 Å². The lowest BCUT2D eigenvalue weighted by atomic mass is 10.0. The van der Waals surface area contributed by atoms with Gasteiger partial charge < -0.3 is 14.8 Å². The Morgan fingerprint density at radius 3 is 2.29 bits per heavy atom. The molecule has 3 aromatic rings. The van der Waals surface area contributed by atoms with Crippen LogP contribution in [0.25, 0.3) is 0 Å². The summed E-state index contributed by atoms with van der Waals surface area (Å²) in [5, 5.41) is 3.18. The summed E-state index contributed by atoms with van der Waals surface area (Å²) in [7, 11) is -1.75. The number of rotatable bonds is 8. The van der Waals surface area contributed by atoms with Crippen LogP contribution in [0.2, 0.25) is 10.0 Å². The number of anilines is 1. The third-order valence-electron chi connectivity index (χ3n) is 5.02. The molecule has 1 amide bonds. The number of amides is 1. The van der Waals surface area contributed by atoms with Gasteiger partial charge >= 0.3 is 0 Å². The number of hydrogen-bond acceptors (Lipinski definition) is 5. The van der Waals surface area contributed by atoms with Gasteiger partial charge in [-0.05, 0) is 53.9 Å². The molecule has 0 aliphatic heterocycles. The van der Waals surface area contributed by atoms with E-state index in [0.717, 1.165) is 17.6 Å². The van der Waals surface area contributed by atoms with Crippen LogP contribution in [-0.4, -0.2) is 27.7 Å². The minimum atomic E-state index is -3.36. The van der Waals surface area contributed by atoms with E-state index in [-0.39, 0.29) is 38.9 Å². The fourth-order valence-corrected chi connectivity index (χ4v) is 4.61. The summed E-state index contributed by atoms with van der Waals surface area (Å²) < 4.78 is 34.8. The largest absolute Gasteiger partial charge is 0.496 e. The Kier molecular flexibility index (Phi) is 8.13. The molecule has 3 rings (SSSR count). The molecule has 3 aromatic carbocycles. The lowest BCUT2D eigenvalue weighted by Crippen LogP contribution is -2.14. The van der Waals surface area contributed by atoms with Crippen molar-refractivity contribution in [1.82, 2.24) is 0 Å². The number of hydrogen-bond donors (Lipinski definition) is 1. The van der Waals surface area contributed by atoms with Gasteiger partial charge in [-0.15, -0.1) is 0 Å². The van der Waals surface area contributed by atoms with Crippen molar-refractivity contribution in [3.8, 4) is 17.2 Å². The van der Waals surface area contributed by atoms with Crippen LogP contribution >= 0.6 is 23.2 Å². The van der Waals surface area contributed by atoms with Gasteiger partial charge in [-0.1, -0.05) is 49.2 Å². The monoisotopic (exact) mass is 521 g/mol. The van der Waals surface area contributed by atoms with E-state index < -0.39 is 9.84 Å². The highest BCUT2D eigenvalue weighted by Crippen LogP contribution is 2.40. The molecular formula is C25H25Cl2NO5S. The van der Waals surface area contributed by atoms with Crippen molar-refractivity contribution in [3.63, 3.8) is 0 Å². The van der Waals surface area contributed by atoms with Crippen LogP contribution in [-0.2, 0) is 21.1 Å². The van der Waals surface area contributed by atoms with Gasteiger partial charge in [0, 0.05) is 17.5 Å². The van der Waals surface area contributed by atoms with Crippen LogP contribution < -0.4 is 14.8 Å². The second-order valence-corrected chi connectivity index (χ2v) is 10.9. The summed E-state index contributed by atoms with van der Waals surface area (Å²) in [5.74, 6) is 1.46. The van der Waals surface area contributed by atoms with Gasteiger partial charge in [0.15, 0.2) is 15.6 Å². The topological polar surface area (TPSA) is 81.7 Å². The number of carbonyl (C=O) groups excluding carboxylic acids is 1. The number of carbonyl (C=O) groups is 1. The van der Waals surface area contributed by atoms with Gasteiger partial charge in [-0.25, -0.2) is 8.42 Å². The van der Waals surface area contributed by atoms with Crippen LogP contribution in [0.15, 0.2) is 59.5 Å². The number of benzene rings is 3. The van der Waals surface area contributed by atoms with Gasteiger partial charge in [0.1, 0.15) is 11.5 Å². The highest BCUT2D eigenvalue weighted by Gasteiger charge is 2.16. The maximum Gasteiger partial charge on any atom is 0.228 e. The summed E-state index contributed by atoms with van der Waals surface area (Å²) in [6.45, 7) is 4.10. The second kappa shape index (κ2) is 10.7. The Balaban J connectivity index is 1.76. The molecule has 0 saturated heterocycles. The summed E-state index contributed by atoms with van der Waals surface area (Å²) in [4.78, 5) is 12.7. The fourth-order valence-electron chi connectivity index (χ4n) is 3.35. The quantitative estimate of drug-likeness (QED) is 0.365. The van der Waals surface area contributed by atoms with Crippen LogP contribution in [0.1, 0.15) is 30.9 Å². The molecule has 1 N–H and O–H groups in total. The van der Waals surface area contributed by atoms with Gasteiger partial charge in [-0.3, -0.25) is 4.79 Å². The Hall–Kier alpha value is -2.74. The van der Waals surface area contributed by atoms with Gasteiger partial charge in [0.25, 0.3) is 0 Å². The standard InChI is InChI=1S/C25H25Cl2NO5S/c1-15(2)20-14-18(8-9-23(20)32-3)33-25-21(26)12-17(13-22(25)27)28-24(29)11-16-6-5-7-19(10-16)34(4,30)31/h5-10,12-15H,11H2,1-4H3,(H,28,29). The van der Waals surface area contributed by atoms with E-state index in [1.807, 2.05) is 12.1 Å². The summed E-state index contributed by atoms with van der Waals surface area (Å²) in [6.07, 6.45) is 1.11. The van der Waals surface area contributed by atoms with Crippen LogP contribution in [0.3, 0.4) is 0 Å². The number of sulfone groups is 1. The van der Waals surface area contributed by atoms with Crippen LogP contribution in [0.5, 0.6) is 17.2 Å². The minimum absolute atomic E-state index is 0.0132. The SMILES string of the molecule is COc1ccc(Oc2c(Cl)cc(NC(=O)Cc3cccc(S(C)(=O)=O)c3)cc2Cl)cc1C(C)C. The van der Waals surface area contributed by atoms with Crippen LogP contribution in [0, 0.1) is 0 Å². The van der Waals surface area contributed by atoms with E-state index in [4.69, 9.17) is 32.7 Å². The zero-order valence-corrected chi connectivity index (χ0v) is 21.5. The molecule has 0 radical (unpaired) electrons. The molecule has 0 saturated carbocycles. The van der Waals surface area contributed by atoms with E-state index in [1.54, 1.807) is 37.4 Å². The van der Waals surface area contributed by atoms with Gasteiger partial charge in [-0.2, -0.15) is 0 Å². The second-order valence-electron chi connectivity index (χ2n) is 8.07. The number of methoxy groups -OCH3 is 1. The molecule has 9 heteroatoms. The zero-order chi connectivity index (χ0) is 25.0. The van der Waals surface area contributed by atoms with E-state index in [0.29, 0.717) is 17.0 Å². The average Bonchev–Trinajstić information content (AvgIpc) is 2.75. The first-order chi connectivity index (χ1) is 16.0. The molecular weight excluding hydrogens is 497 g/mol.